The second kappa shape index (κ2) is 8.61. The van der Waals surface area contributed by atoms with E-state index in [1.165, 1.54) is 0 Å². The zero-order chi connectivity index (χ0) is 22.1. The number of amides is 1. The molecular weight excluding hydrogens is 422 g/mol. The van der Waals surface area contributed by atoms with Gasteiger partial charge in [0.2, 0.25) is 15.9 Å². The molecule has 30 heavy (non-hydrogen) atoms. The third-order valence-corrected chi connectivity index (χ3v) is 7.12. The highest BCUT2D eigenvalue weighted by atomic mass is 32.2. The fraction of sp³-hybridized carbons (Fsp3) is 0.333. The molecule has 7 nitrogen and oxygen atoms in total. The van der Waals surface area contributed by atoms with Crippen molar-refractivity contribution in [2.75, 3.05) is 15.9 Å². The SMILES string of the molecule is CCc1ccc(N(C(C)C(=O)Nc2ccc3c(c2)sc(=O)n3CC)S(C)(=O)=O)cc1. The molecule has 1 unspecified atom stereocenters. The van der Waals surface area contributed by atoms with E-state index < -0.39 is 22.0 Å². The molecule has 1 aromatic heterocycles. The van der Waals surface area contributed by atoms with Gasteiger partial charge in [-0.1, -0.05) is 30.4 Å². The summed E-state index contributed by atoms with van der Waals surface area (Å²) in [5.41, 5.74) is 2.84. The molecule has 1 N–H and O–H groups in total. The van der Waals surface area contributed by atoms with Crippen LogP contribution in [0.3, 0.4) is 0 Å². The topological polar surface area (TPSA) is 88.5 Å². The average molecular weight is 448 g/mol. The number of aryl methyl sites for hydroxylation is 2. The fourth-order valence-electron chi connectivity index (χ4n) is 3.38. The Morgan fingerprint density at radius 3 is 2.40 bits per heavy atom. The van der Waals surface area contributed by atoms with Gasteiger partial charge in [0.05, 0.1) is 22.2 Å². The lowest BCUT2D eigenvalue weighted by Gasteiger charge is -2.28. The van der Waals surface area contributed by atoms with Crippen LogP contribution in [0.4, 0.5) is 11.4 Å². The molecule has 2 aromatic carbocycles. The van der Waals surface area contributed by atoms with Crippen molar-refractivity contribution in [3.05, 3.63) is 57.7 Å². The first-order chi connectivity index (χ1) is 14.2. The number of hydrogen-bond donors (Lipinski definition) is 1. The Morgan fingerprint density at radius 1 is 1.17 bits per heavy atom. The molecule has 0 aliphatic heterocycles. The molecule has 3 aromatic rings. The molecule has 0 saturated carbocycles. The molecule has 1 atom stereocenters. The number of carbonyl (C=O) groups excluding carboxylic acids is 1. The zero-order valence-electron chi connectivity index (χ0n) is 17.4. The number of anilines is 2. The second-order valence-corrected chi connectivity index (χ2v) is 9.89. The van der Waals surface area contributed by atoms with E-state index in [0.29, 0.717) is 17.9 Å². The van der Waals surface area contributed by atoms with E-state index in [9.17, 15) is 18.0 Å². The average Bonchev–Trinajstić information content (AvgIpc) is 3.01. The van der Waals surface area contributed by atoms with Gasteiger partial charge in [0.1, 0.15) is 6.04 Å². The lowest BCUT2D eigenvalue weighted by molar-refractivity contribution is -0.116. The van der Waals surface area contributed by atoms with Crippen molar-refractivity contribution in [1.82, 2.24) is 4.57 Å². The monoisotopic (exact) mass is 447 g/mol. The first-order valence-corrected chi connectivity index (χ1v) is 12.3. The maximum atomic E-state index is 12.9. The number of aromatic nitrogens is 1. The molecule has 0 radical (unpaired) electrons. The summed E-state index contributed by atoms with van der Waals surface area (Å²) >= 11 is 1.11. The van der Waals surface area contributed by atoms with Crippen molar-refractivity contribution in [3.63, 3.8) is 0 Å². The van der Waals surface area contributed by atoms with E-state index >= 15 is 0 Å². The van der Waals surface area contributed by atoms with Crippen LogP contribution in [0.1, 0.15) is 26.3 Å². The van der Waals surface area contributed by atoms with E-state index in [0.717, 1.165) is 44.1 Å². The van der Waals surface area contributed by atoms with Gasteiger partial charge in [-0.25, -0.2) is 8.42 Å². The van der Waals surface area contributed by atoms with Gasteiger partial charge >= 0.3 is 4.87 Å². The molecule has 0 aliphatic rings. The smallest absolute Gasteiger partial charge is 0.308 e. The highest BCUT2D eigenvalue weighted by molar-refractivity contribution is 7.92. The summed E-state index contributed by atoms with van der Waals surface area (Å²) in [4.78, 5) is 24.9. The number of rotatable bonds is 7. The van der Waals surface area contributed by atoms with Crippen molar-refractivity contribution in [1.29, 1.82) is 0 Å². The molecule has 3 rings (SSSR count). The van der Waals surface area contributed by atoms with Gasteiger partial charge in [-0.05, 0) is 56.2 Å². The fourth-order valence-corrected chi connectivity index (χ4v) is 5.55. The number of hydrogen-bond acceptors (Lipinski definition) is 5. The molecule has 0 saturated heterocycles. The molecule has 0 bridgehead atoms. The third kappa shape index (κ3) is 4.41. The Labute approximate surface area is 180 Å². The number of benzene rings is 2. The van der Waals surface area contributed by atoms with Crippen molar-refractivity contribution in [2.24, 2.45) is 0 Å². The number of fused-ring (bicyclic) bond motifs is 1. The van der Waals surface area contributed by atoms with Crippen molar-refractivity contribution < 1.29 is 13.2 Å². The number of nitrogens with one attached hydrogen (secondary N) is 1. The van der Waals surface area contributed by atoms with Crippen LogP contribution < -0.4 is 14.5 Å². The van der Waals surface area contributed by atoms with E-state index in [-0.39, 0.29) is 4.87 Å². The van der Waals surface area contributed by atoms with Gasteiger partial charge in [-0.15, -0.1) is 0 Å². The standard InChI is InChI=1S/C21H25N3O4S2/c1-5-15-7-10-17(11-8-15)24(30(4,27)28)14(3)20(25)22-16-9-12-18-19(13-16)29-21(26)23(18)6-2/h7-14H,5-6H2,1-4H3,(H,22,25). The maximum Gasteiger partial charge on any atom is 0.308 e. The molecule has 0 spiro atoms. The van der Waals surface area contributed by atoms with Crippen LogP contribution in [0.15, 0.2) is 47.3 Å². The van der Waals surface area contributed by atoms with E-state index in [4.69, 9.17) is 0 Å². The van der Waals surface area contributed by atoms with Crippen molar-refractivity contribution >= 4 is 48.9 Å². The summed E-state index contributed by atoms with van der Waals surface area (Å²) in [6.45, 7) is 6.04. The van der Waals surface area contributed by atoms with E-state index in [2.05, 4.69) is 5.32 Å². The Bertz CT molecular complexity index is 1230. The lowest BCUT2D eigenvalue weighted by Crippen LogP contribution is -2.45. The number of nitrogens with zero attached hydrogens (tertiary/aromatic N) is 2. The van der Waals surface area contributed by atoms with Crippen LogP contribution >= 0.6 is 11.3 Å². The normalized spacial score (nSPS) is 12.7. The maximum absolute atomic E-state index is 12.9. The highest BCUT2D eigenvalue weighted by Gasteiger charge is 2.29. The second-order valence-electron chi connectivity index (χ2n) is 7.04. The van der Waals surface area contributed by atoms with Crippen LogP contribution in [0.25, 0.3) is 10.2 Å². The summed E-state index contributed by atoms with van der Waals surface area (Å²) in [6, 6.07) is 11.4. The van der Waals surface area contributed by atoms with E-state index in [1.54, 1.807) is 41.8 Å². The quantitative estimate of drug-likeness (QED) is 0.601. The first kappa shape index (κ1) is 22.0. The Balaban J connectivity index is 1.88. The minimum atomic E-state index is -3.68. The van der Waals surface area contributed by atoms with Crippen LogP contribution in [-0.2, 0) is 27.8 Å². The van der Waals surface area contributed by atoms with Gasteiger partial charge in [0, 0.05) is 12.2 Å². The van der Waals surface area contributed by atoms with Gasteiger partial charge in [-0.3, -0.25) is 18.5 Å². The zero-order valence-corrected chi connectivity index (χ0v) is 19.0. The number of sulfonamides is 1. The highest BCUT2D eigenvalue weighted by Crippen LogP contribution is 2.24. The summed E-state index contributed by atoms with van der Waals surface area (Å²) in [5.74, 6) is -0.457. The molecular formula is C21H25N3O4S2. The summed E-state index contributed by atoms with van der Waals surface area (Å²) < 4.78 is 28.4. The van der Waals surface area contributed by atoms with Crippen LogP contribution in [-0.4, -0.2) is 31.2 Å². The van der Waals surface area contributed by atoms with E-state index in [1.807, 2.05) is 26.0 Å². The summed E-state index contributed by atoms with van der Waals surface area (Å²) in [5, 5.41) is 2.78. The minimum Gasteiger partial charge on any atom is -0.324 e. The largest absolute Gasteiger partial charge is 0.324 e. The molecule has 1 heterocycles. The predicted octanol–water partition coefficient (Wildman–Crippen LogP) is 3.44. The summed E-state index contributed by atoms with van der Waals surface area (Å²) in [6.07, 6.45) is 1.92. The van der Waals surface area contributed by atoms with Crippen LogP contribution in [0.2, 0.25) is 0 Å². The lowest BCUT2D eigenvalue weighted by atomic mass is 10.1. The predicted molar refractivity (Wildman–Crippen MR) is 123 cm³/mol. The Morgan fingerprint density at radius 2 is 1.83 bits per heavy atom. The summed E-state index contributed by atoms with van der Waals surface area (Å²) in [7, 11) is -3.68. The Kier molecular flexibility index (Phi) is 6.33. The van der Waals surface area contributed by atoms with Gasteiger partial charge in [0.15, 0.2) is 0 Å². The van der Waals surface area contributed by atoms with Crippen molar-refractivity contribution in [3.8, 4) is 0 Å². The molecule has 1 amide bonds. The molecule has 9 heteroatoms. The minimum absolute atomic E-state index is 0.0527. The van der Waals surface area contributed by atoms with Gasteiger partial charge in [-0.2, -0.15) is 0 Å². The molecule has 160 valence electrons. The first-order valence-electron chi connectivity index (χ1n) is 9.68. The number of thiazole rings is 1. The molecule has 0 aliphatic carbocycles. The third-order valence-electron chi connectivity index (χ3n) is 4.94. The van der Waals surface area contributed by atoms with Crippen LogP contribution in [0, 0.1) is 0 Å². The Hall–Kier alpha value is -2.65. The molecule has 0 fully saturated rings. The van der Waals surface area contributed by atoms with Gasteiger partial charge < -0.3 is 5.32 Å². The van der Waals surface area contributed by atoms with Crippen molar-refractivity contribution in [2.45, 2.75) is 39.8 Å². The van der Waals surface area contributed by atoms with Crippen LogP contribution in [0.5, 0.6) is 0 Å². The van der Waals surface area contributed by atoms with Gasteiger partial charge in [0.25, 0.3) is 0 Å². The number of carbonyl (C=O) groups is 1.